The number of pyridine rings is 1. The second kappa shape index (κ2) is 8.01. The molecule has 1 saturated heterocycles. The van der Waals surface area contributed by atoms with Gasteiger partial charge in [0.15, 0.2) is 0 Å². The molecule has 0 amide bonds. The lowest BCUT2D eigenvalue weighted by atomic mass is 10.0. The number of hydrogen-bond acceptors (Lipinski definition) is 6. The van der Waals surface area contributed by atoms with Gasteiger partial charge in [0, 0.05) is 38.1 Å². The van der Waals surface area contributed by atoms with Crippen molar-refractivity contribution in [2.45, 2.75) is 31.2 Å². The quantitative estimate of drug-likeness (QED) is 0.600. The second-order valence-corrected chi connectivity index (χ2v) is 8.70. The van der Waals surface area contributed by atoms with Gasteiger partial charge in [-0.25, -0.2) is 8.42 Å². The number of sulfonamides is 1. The van der Waals surface area contributed by atoms with Crippen molar-refractivity contribution in [3.63, 3.8) is 0 Å². The zero-order valence-electron chi connectivity index (χ0n) is 15.0. The van der Waals surface area contributed by atoms with Crippen LogP contribution in [0.3, 0.4) is 0 Å². The molecular formula is C18H22N4O4S. The van der Waals surface area contributed by atoms with Crippen LogP contribution in [0.2, 0.25) is 0 Å². The first-order valence-electron chi connectivity index (χ1n) is 8.79. The average Bonchev–Trinajstić information content (AvgIpc) is 2.67. The van der Waals surface area contributed by atoms with E-state index >= 15 is 0 Å². The first kappa shape index (κ1) is 19.2. The third-order valence-corrected chi connectivity index (χ3v) is 6.49. The van der Waals surface area contributed by atoms with Crippen molar-refractivity contribution in [1.82, 2.24) is 9.29 Å². The average molecular weight is 390 g/mol. The van der Waals surface area contributed by atoms with Crippen LogP contribution in [0.5, 0.6) is 0 Å². The van der Waals surface area contributed by atoms with Crippen LogP contribution in [0.25, 0.3) is 0 Å². The summed E-state index contributed by atoms with van der Waals surface area (Å²) in [6.07, 6.45) is 5.10. The molecule has 1 aromatic carbocycles. The second-order valence-electron chi connectivity index (χ2n) is 6.76. The number of aromatic nitrogens is 1. The summed E-state index contributed by atoms with van der Waals surface area (Å²) in [5.74, 6) is 0.281. The summed E-state index contributed by atoms with van der Waals surface area (Å²) < 4.78 is 27.2. The van der Waals surface area contributed by atoms with Crippen LogP contribution in [0.1, 0.15) is 25.3 Å². The predicted molar refractivity (Wildman–Crippen MR) is 102 cm³/mol. The van der Waals surface area contributed by atoms with Crippen molar-refractivity contribution >= 4 is 21.4 Å². The first-order chi connectivity index (χ1) is 12.9. The Labute approximate surface area is 158 Å². The van der Waals surface area contributed by atoms with Crippen LogP contribution in [-0.2, 0) is 16.6 Å². The molecule has 8 nitrogen and oxygen atoms in total. The Balaban J connectivity index is 1.85. The van der Waals surface area contributed by atoms with Gasteiger partial charge >= 0.3 is 0 Å². The molecule has 27 heavy (non-hydrogen) atoms. The molecule has 0 bridgehead atoms. The Hall–Kier alpha value is -2.52. The van der Waals surface area contributed by atoms with Gasteiger partial charge in [0.1, 0.15) is 5.69 Å². The van der Waals surface area contributed by atoms with Gasteiger partial charge < -0.3 is 5.32 Å². The molecule has 1 fully saturated rings. The van der Waals surface area contributed by atoms with Crippen LogP contribution >= 0.6 is 0 Å². The molecule has 1 aliphatic rings. The van der Waals surface area contributed by atoms with Crippen molar-refractivity contribution in [1.29, 1.82) is 0 Å². The fraction of sp³-hybridized carbons (Fsp3) is 0.389. The number of anilines is 1. The largest absolute Gasteiger partial charge is 0.375 e. The summed E-state index contributed by atoms with van der Waals surface area (Å²) in [6.45, 7) is 3.25. The Morgan fingerprint density at radius 1 is 1.37 bits per heavy atom. The minimum Gasteiger partial charge on any atom is -0.375 e. The van der Waals surface area contributed by atoms with Gasteiger partial charge in [0.05, 0.1) is 9.82 Å². The van der Waals surface area contributed by atoms with Crippen molar-refractivity contribution in [2.75, 3.05) is 18.4 Å². The van der Waals surface area contributed by atoms with Gasteiger partial charge in [-0.3, -0.25) is 15.1 Å². The highest BCUT2D eigenvalue weighted by molar-refractivity contribution is 7.89. The minimum atomic E-state index is -3.74. The lowest BCUT2D eigenvalue weighted by Crippen LogP contribution is -2.39. The standard InChI is InChI=1S/C18H22N4O4S/c1-14-4-3-9-21(13-14)27(25,26)16-6-7-17(18(10-16)22(23)24)20-12-15-5-2-8-19-11-15/h2,5-8,10-11,14,20H,3-4,9,12-13H2,1H3. The molecule has 9 heteroatoms. The first-order valence-corrected chi connectivity index (χ1v) is 10.2. The molecule has 2 aromatic rings. The smallest absolute Gasteiger partial charge is 0.293 e. The van der Waals surface area contributed by atoms with E-state index < -0.39 is 14.9 Å². The van der Waals surface area contributed by atoms with Gasteiger partial charge in [0.25, 0.3) is 5.69 Å². The number of nitro benzene ring substituents is 1. The van der Waals surface area contributed by atoms with E-state index in [4.69, 9.17) is 0 Å². The molecule has 0 aliphatic carbocycles. The van der Waals surface area contributed by atoms with Gasteiger partial charge in [-0.15, -0.1) is 0 Å². The topological polar surface area (TPSA) is 105 Å². The van der Waals surface area contributed by atoms with Crippen molar-refractivity contribution in [3.05, 3.63) is 58.4 Å². The molecular weight excluding hydrogens is 368 g/mol. The Bertz CT molecular complexity index is 918. The SMILES string of the molecule is CC1CCCN(S(=O)(=O)c2ccc(NCc3cccnc3)c([N+](=O)[O-])c2)C1. The lowest BCUT2D eigenvalue weighted by molar-refractivity contribution is -0.384. The summed E-state index contributed by atoms with van der Waals surface area (Å²) in [6, 6.07) is 7.64. The fourth-order valence-corrected chi connectivity index (χ4v) is 4.81. The van der Waals surface area contributed by atoms with Crippen molar-refractivity contribution < 1.29 is 13.3 Å². The van der Waals surface area contributed by atoms with E-state index in [-0.39, 0.29) is 22.2 Å². The third kappa shape index (κ3) is 4.42. The van der Waals surface area contributed by atoms with E-state index in [9.17, 15) is 18.5 Å². The number of nitro groups is 1. The summed E-state index contributed by atoms with van der Waals surface area (Å²) >= 11 is 0. The summed E-state index contributed by atoms with van der Waals surface area (Å²) in [5.41, 5.74) is 0.880. The zero-order chi connectivity index (χ0) is 19.4. The van der Waals surface area contributed by atoms with Crippen molar-refractivity contribution in [2.24, 2.45) is 5.92 Å². The molecule has 0 spiro atoms. The monoisotopic (exact) mass is 390 g/mol. The lowest BCUT2D eigenvalue weighted by Gasteiger charge is -2.30. The summed E-state index contributed by atoms with van der Waals surface area (Å²) in [7, 11) is -3.74. The molecule has 1 N–H and O–H groups in total. The van der Waals surface area contributed by atoms with Crippen LogP contribution in [0.15, 0.2) is 47.6 Å². The summed E-state index contributed by atoms with van der Waals surface area (Å²) in [5, 5.41) is 14.5. The van der Waals surface area contributed by atoms with E-state index in [0.29, 0.717) is 19.6 Å². The molecule has 1 atom stereocenters. The van der Waals surface area contributed by atoms with Crippen LogP contribution < -0.4 is 5.32 Å². The van der Waals surface area contributed by atoms with Crippen LogP contribution in [-0.4, -0.2) is 35.7 Å². The highest BCUT2D eigenvalue weighted by Gasteiger charge is 2.30. The van der Waals surface area contributed by atoms with E-state index in [2.05, 4.69) is 10.3 Å². The van der Waals surface area contributed by atoms with Crippen molar-refractivity contribution in [3.8, 4) is 0 Å². The molecule has 3 rings (SSSR count). The molecule has 0 saturated carbocycles. The molecule has 1 aliphatic heterocycles. The maximum absolute atomic E-state index is 12.9. The molecule has 1 aromatic heterocycles. The highest BCUT2D eigenvalue weighted by atomic mass is 32.2. The fourth-order valence-electron chi connectivity index (χ4n) is 3.19. The van der Waals surface area contributed by atoms with E-state index in [1.807, 2.05) is 13.0 Å². The Kier molecular flexibility index (Phi) is 5.71. The van der Waals surface area contributed by atoms with Crippen LogP contribution in [0.4, 0.5) is 11.4 Å². The van der Waals surface area contributed by atoms with Gasteiger partial charge in [-0.2, -0.15) is 4.31 Å². The molecule has 2 heterocycles. The van der Waals surface area contributed by atoms with E-state index in [1.165, 1.54) is 16.4 Å². The predicted octanol–water partition coefficient (Wildman–Crippen LogP) is 3.02. The number of rotatable bonds is 6. The summed E-state index contributed by atoms with van der Waals surface area (Å²) in [4.78, 5) is 14.9. The third-order valence-electron chi connectivity index (χ3n) is 4.63. The zero-order valence-corrected chi connectivity index (χ0v) is 15.9. The molecule has 1 unspecified atom stereocenters. The molecule has 0 radical (unpaired) electrons. The van der Waals surface area contributed by atoms with E-state index in [0.717, 1.165) is 24.5 Å². The number of piperidine rings is 1. The van der Waals surface area contributed by atoms with E-state index in [1.54, 1.807) is 18.5 Å². The van der Waals surface area contributed by atoms with Gasteiger partial charge in [-0.1, -0.05) is 13.0 Å². The number of nitrogens with zero attached hydrogens (tertiary/aromatic N) is 3. The number of benzene rings is 1. The minimum absolute atomic E-state index is 0.0461. The normalized spacial score (nSPS) is 18.2. The van der Waals surface area contributed by atoms with Crippen LogP contribution in [0, 0.1) is 16.0 Å². The Morgan fingerprint density at radius 3 is 2.85 bits per heavy atom. The van der Waals surface area contributed by atoms with Gasteiger partial charge in [-0.05, 0) is 42.5 Å². The molecule has 144 valence electrons. The maximum Gasteiger partial charge on any atom is 0.293 e. The highest BCUT2D eigenvalue weighted by Crippen LogP contribution is 2.31. The number of nitrogens with one attached hydrogen (secondary N) is 1. The number of hydrogen-bond donors (Lipinski definition) is 1. The maximum atomic E-state index is 12.9. The Morgan fingerprint density at radius 2 is 2.19 bits per heavy atom. The van der Waals surface area contributed by atoms with Gasteiger partial charge in [0.2, 0.25) is 10.0 Å².